The van der Waals surface area contributed by atoms with Gasteiger partial charge in [-0.15, -0.1) is 12.4 Å². The van der Waals surface area contributed by atoms with Crippen molar-refractivity contribution in [2.45, 2.75) is 18.9 Å². The number of hydrogen-bond donors (Lipinski definition) is 2. The number of amides is 2. The molecule has 0 spiro atoms. The molecule has 1 saturated heterocycles. The van der Waals surface area contributed by atoms with E-state index in [2.05, 4.69) is 15.6 Å². The summed E-state index contributed by atoms with van der Waals surface area (Å²) in [6, 6.07) is 5.25. The molecular formula is C16H25ClN4O3. The third-order valence-electron chi connectivity index (χ3n) is 3.77. The third kappa shape index (κ3) is 6.43. The molecule has 1 aromatic heterocycles. The van der Waals surface area contributed by atoms with Gasteiger partial charge in [0.25, 0.3) is 0 Å². The Morgan fingerprint density at radius 3 is 3.04 bits per heavy atom. The molecule has 0 aromatic carbocycles. The summed E-state index contributed by atoms with van der Waals surface area (Å²) >= 11 is 0. The van der Waals surface area contributed by atoms with E-state index < -0.39 is 6.04 Å². The standard InChI is InChI=1S/C16H24N4O3.ClH/c1-23-11-10-20-9-8-18-14(16(20)22)12-15(21)19-7-5-13-4-2-3-6-17-13;/h2-4,6,14,18H,5,7-12H2,1H3,(H,19,21);1H. The van der Waals surface area contributed by atoms with Gasteiger partial charge in [-0.25, -0.2) is 0 Å². The first-order chi connectivity index (χ1) is 11.2. The minimum atomic E-state index is -0.449. The van der Waals surface area contributed by atoms with Gasteiger partial charge in [0, 0.05) is 51.6 Å². The van der Waals surface area contributed by atoms with E-state index in [4.69, 9.17) is 4.74 Å². The van der Waals surface area contributed by atoms with E-state index in [0.29, 0.717) is 39.2 Å². The highest BCUT2D eigenvalue weighted by atomic mass is 35.5. The maximum atomic E-state index is 12.3. The SMILES string of the molecule is COCCN1CCNC(CC(=O)NCCc2ccccn2)C1=O.Cl. The molecule has 2 rings (SSSR count). The summed E-state index contributed by atoms with van der Waals surface area (Å²) in [5, 5.41) is 5.95. The molecule has 24 heavy (non-hydrogen) atoms. The highest BCUT2D eigenvalue weighted by Gasteiger charge is 2.29. The second kappa shape index (κ2) is 11.0. The Morgan fingerprint density at radius 2 is 2.33 bits per heavy atom. The van der Waals surface area contributed by atoms with Crippen LogP contribution in [0.2, 0.25) is 0 Å². The summed E-state index contributed by atoms with van der Waals surface area (Å²) in [4.78, 5) is 30.2. The molecule has 2 amide bonds. The van der Waals surface area contributed by atoms with Crippen LogP contribution in [-0.2, 0) is 20.7 Å². The first-order valence-corrected chi connectivity index (χ1v) is 7.88. The zero-order valence-electron chi connectivity index (χ0n) is 13.9. The number of piperazine rings is 1. The molecule has 0 saturated carbocycles. The monoisotopic (exact) mass is 356 g/mol. The number of nitrogens with one attached hydrogen (secondary N) is 2. The van der Waals surface area contributed by atoms with Crippen LogP contribution in [0.5, 0.6) is 0 Å². The summed E-state index contributed by atoms with van der Waals surface area (Å²) in [7, 11) is 1.61. The van der Waals surface area contributed by atoms with Crippen molar-refractivity contribution in [3.63, 3.8) is 0 Å². The summed E-state index contributed by atoms with van der Waals surface area (Å²) in [5.74, 6) is -0.159. The molecule has 134 valence electrons. The van der Waals surface area contributed by atoms with E-state index in [1.165, 1.54) is 0 Å². The minimum absolute atomic E-state index is 0. The number of aromatic nitrogens is 1. The van der Waals surface area contributed by atoms with Gasteiger partial charge in [0.05, 0.1) is 19.1 Å². The number of carbonyl (C=O) groups is 2. The zero-order chi connectivity index (χ0) is 16.5. The van der Waals surface area contributed by atoms with E-state index in [1.807, 2.05) is 18.2 Å². The lowest BCUT2D eigenvalue weighted by atomic mass is 10.1. The van der Waals surface area contributed by atoms with Crippen LogP contribution in [0.15, 0.2) is 24.4 Å². The molecule has 0 bridgehead atoms. The van der Waals surface area contributed by atoms with E-state index in [-0.39, 0.29) is 30.6 Å². The smallest absolute Gasteiger partial charge is 0.240 e. The largest absolute Gasteiger partial charge is 0.383 e. The Labute approximate surface area is 148 Å². The molecule has 2 heterocycles. The summed E-state index contributed by atoms with van der Waals surface area (Å²) in [5.41, 5.74) is 0.936. The highest BCUT2D eigenvalue weighted by molar-refractivity contribution is 5.88. The second-order valence-corrected chi connectivity index (χ2v) is 5.45. The van der Waals surface area contributed by atoms with Crippen LogP contribution in [0.4, 0.5) is 0 Å². The van der Waals surface area contributed by atoms with E-state index in [1.54, 1.807) is 18.2 Å². The molecule has 0 aliphatic carbocycles. The van der Waals surface area contributed by atoms with Crippen LogP contribution < -0.4 is 10.6 Å². The van der Waals surface area contributed by atoms with Crippen LogP contribution >= 0.6 is 12.4 Å². The van der Waals surface area contributed by atoms with Gasteiger partial charge in [0.1, 0.15) is 0 Å². The average Bonchev–Trinajstić information content (AvgIpc) is 2.57. The number of nitrogens with zero attached hydrogens (tertiary/aromatic N) is 2. The van der Waals surface area contributed by atoms with Gasteiger partial charge in [0.15, 0.2) is 0 Å². The number of pyridine rings is 1. The van der Waals surface area contributed by atoms with Crippen molar-refractivity contribution in [1.29, 1.82) is 0 Å². The Morgan fingerprint density at radius 1 is 1.50 bits per heavy atom. The first kappa shape index (κ1) is 20.3. The van der Waals surface area contributed by atoms with E-state index in [9.17, 15) is 9.59 Å². The number of halogens is 1. The second-order valence-electron chi connectivity index (χ2n) is 5.45. The fourth-order valence-corrected chi connectivity index (χ4v) is 2.51. The fraction of sp³-hybridized carbons (Fsp3) is 0.562. The summed E-state index contributed by atoms with van der Waals surface area (Å²) in [6.07, 6.45) is 2.57. The molecule has 1 atom stereocenters. The number of methoxy groups -OCH3 is 1. The fourth-order valence-electron chi connectivity index (χ4n) is 2.51. The molecule has 7 nitrogen and oxygen atoms in total. The van der Waals surface area contributed by atoms with E-state index >= 15 is 0 Å². The number of hydrogen-bond acceptors (Lipinski definition) is 5. The molecule has 2 N–H and O–H groups in total. The van der Waals surface area contributed by atoms with Gasteiger partial charge < -0.3 is 20.3 Å². The van der Waals surface area contributed by atoms with Gasteiger partial charge in [-0.2, -0.15) is 0 Å². The quantitative estimate of drug-likeness (QED) is 0.685. The van der Waals surface area contributed by atoms with Gasteiger partial charge in [0.2, 0.25) is 11.8 Å². The van der Waals surface area contributed by atoms with Gasteiger partial charge in [-0.1, -0.05) is 6.07 Å². The Balaban J connectivity index is 0.00000288. The third-order valence-corrected chi connectivity index (χ3v) is 3.77. The van der Waals surface area contributed by atoms with Crippen LogP contribution in [0, 0.1) is 0 Å². The van der Waals surface area contributed by atoms with Gasteiger partial charge >= 0.3 is 0 Å². The van der Waals surface area contributed by atoms with Gasteiger partial charge in [-0.3, -0.25) is 14.6 Å². The van der Waals surface area contributed by atoms with Crippen molar-refractivity contribution in [2.75, 3.05) is 39.9 Å². The first-order valence-electron chi connectivity index (χ1n) is 7.88. The lowest BCUT2D eigenvalue weighted by molar-refractivity contribution is -0.138. The van der Waals surface area contributed by atoms with Crippen LogP contribution in [-0.4, -0.2) is 67.6 Å². The minimum Gasteiger partial charge on any atom is -0.383 e. The predicted octanol–water partition coefficient (Wildman–Crippen LogP) is -0.001000. The lowest BCUT2D eigenvalue weighted by Gasteiger charge is -2.32. The Hall–Kier alpha value is -1.70. The maximum Gasteiger partial charge on any atom is 0.240 e. The topological polar surface area (TPSA) is 83.6 Å². The molecule has 1 aromatic rings. The molecule has 8 heteroatoms. The van der Waals surface area contributed by atoms with Crippen molar-refractivity contribution >= 4 is 24.2 Å². The molecule has 1 aliphatic rings. The van der Waals surface area contributed by atoms with E-state index in [0.717, 1.165) is 5.69 Å². The summed E-state index contributed by atoms with van der Waals surface area (Å²) < 4.78 is 5.00. The average molecular weight is 357 g/mol. The van der Waals surface area contributed by atoms with Crippen LogP contribution in [0.3, 0.4) is 0 Å². The molecular weight excluding hydrogens is 332 g/mol. The van der Waals surface area contributed by atoms with Crippen molar-refractivity contribution in [3.05, 3.63) is 30.1 Å². The molecule has 1 fully saturated rings. The number of carbonyl (C=O) groups excluding carboxylic acids is 2. The zero-order valence-corrected chi connectivity index (χ0v) is 14.7. The predicted molar refractivity (Wildman–Crippen MR) is 93.1 cm³/mol. The van der Waals surface area contributed by atoms with Crippen molar-refractivity contribution in [2.24, 2.45) is 0 Å². The molecule has 1 aliphatic heterocycles. The van der Waals surface area contributed by atoms with Crippen molar-refractivity contribution in [1.82, 2.24) is 20.5 Å². The summed E-state index contributed by atoms with van der Waals surface area (Å²) in [6.45, 7) is 2.94. The van der Waals surface area contributed by atoms with Crippen LogP contribution in [0.25, 0.3) is 0 Å². The number of rotatable bonds is 8. The maximum absolute atomic E-state index is 12.3. The lowest BCUT2D eigenvalue weighted by Crippen LogP contribution is -2.56. The Bertz CT molecular complexity index is 515. The van der Waals surface area contributed by atoms with Gasteiger partial charge in [-0.05, 0) is 12.1 Å². The molecule has 1 unspecified atom stereocenters. The Kier molecular flexibility index (Phi) is 9.29. The van der Waals surface area contributed by atoms with Crippen molar-refractivity contribution in [3.8, 4) is 0 Å². The number of ether oxygens (including phenoxy) is 1. The van der Waals surface area contributed by atoms with Crippen molar-refractivity contribution < 1.29 is 14.3 Å². The normalized spacial score (nSPS) is 17.3. The highest BCUT2D eigenvalue weighted by Crippen LogP contribution is 2.05. The molecule has 0 radical (unpaired) electrons. The van der Waals surface area contributed by atoms with Crippen LogP contribution in [0.1, 0.15) is 12.1 Å².